The number of halogens is 1. The molecule has 4 amide bonds. The zero-order valence-corrected chi connectivity index (χ0v) is 8.18. The fourth-order valence-electron chi connectivity index (χ4n) is 0.679. The lowest BCUT2D eigenvalue weighted by atomic mass is 10.1. The van der Waals surface area contributed by atoms with Crippen molar-refractivity contribution in [2.75, 3.05) is 0 Å². The average molecular weight is 209 g/mol. The standard InChI is InChI=1S/C6H13ClN4O2/c1-3(2)6(7,10-4(8)12)11-5(9)13/h3H,1-2H3,(H3,8,10,12)(H3,9,11,13). The summed E-state index contributed by atoms with van der Waals surface area (Å²) in [6.07, 6.45) is 0. The molecule has 0 aliphatic heterocycles. The smallest absolute Gasteiger partial charge is 0.314 e. The quantitative estimate of drug-likeness (QED) is 0.294. The monoisotopic (exact) mass is 208 g/mol. The van der Waals surface area contributed by atoms with Crippen molar-refractivity contribution in [2.45, 2.75) is 19.0 Å². The first-order valence-electron chi connectivity index (χ1n) is 3.62. The Labute approximate surface area is 81.0 Å². The summed E-state index contributed by atoms with van der Waals surface area (Å²) in [6.45, 7) is 3.39. The molecule has 0 aliphatic rings. The van der Waals surface area contributed by atoms with E-state index in [2.05, 4.69) is 10.6 Å². The number of urea groups is 2. The van der Waals surface area contributed by atoms with E-state index in [9.17, 15) is 9.59 Å². The van der Waals surface area contributed by atoms with Gasteiger partial charge in [0.2, 0.25) is 0 Å². The van der Waals surface area contributed by atoms with Crippen LogP contribution in [0.1, 0.15) is 13.8 Å². The molecule has 76 valence electrons. The summed E-state index contributed by atoms with van der Waals surface area (Å²) in [5.41, 5.74) is 9.73. The summed E-state index contributed by atoms with van der Waals surface area (Å²) in [7, 11) is 0. The molecule has 0 radical (unpaired) electrons. The molecule has 0 bridgehead atoms. The molecular weight excluding hydrogens is 196 g/mol. The maximum atomic E-state index is 10.5. The second-order valence-corrected chi connectivity index (χ2v) is 3.44. The molecule has 6 N–H and O–H groups in total. The van der Waals surface area contributed by atoms with Gasteiger partial charge in [-0.2, -0.15) is 0 Å². The van der Waals surface area contributed by atoms with Crippen LogP contribution < -0.4 is 22.1 Å². The van der Waals surface area contributed by atoms with Crippen LogP contribution in [0.5, 0.6) is 0 Å². The van der Waals surface area contributed by atoms with Crippen LogP contribution in [-0.2, 0) is 0 Å². The zero-order chi connectivity index (χ0) is 10.6. The summed E-state index contributed by atoms with van der Waals surface area (Å²) in [5.74, 6) is -0.255. The fraction of sp³-hybridized carbons (Fsp3) is 0.667. The molecule has 0 aromatic heterocycles. The van der Waals surface area contributed by atoms with E-state index in [-0.39, 0.29) is 5.92 Å². The van der Waals surface area contributed by atoms with Crippen molar-refractivity contribution in [3.05, 3.63) is 0 Å². The third-order valence-corrected chi connectivity index (χ3v) is 2.03. The third kappa shape index (κ3) is 3.84. The molecule has 0 aliphatic carbocycles. The molecule has 0 atom stereocenters. The highest BCUT2D eigenvalue weighted by Gasteiger charge is 2.33. The van der Waals surface area contributed by atoms with Gasteiger partial charge in [-0.1, -0.05) is 25.4 Å². The van der Waals surface area contributed by atoms with E-state index in [1.54, 1.807) is 13.8 Å². The minimum atomic E-state index is -1.43. The summed E-state index contributed by atoms with van der Waals surface area (Å²) in [6, 6.07) is -1.67. The van der Waals surface area contributed by atoms with Gasteiger partial charge in [0, 0.05) is 5.92 Å². The normalized spacial score (nSPS) is 11.1. The number of primary amides is 2. The fourth-order valence-corrected chi connectivity index (χ4v) is 0.865. The molecular formula is C6H13ClN4O2. The van der Waals surface area contributed by atoms with Crippen LogP contribution in [0.15, 0.2) is 0 Å². The van der Waals surface area contributed by atoms with Gasteiger partial charge in [-0.15, -0.1) is 0 Å². The second-order valence-electron chi connectivity index (χ2n) is 2.84. The van der Waals surface area contributed by atoms with Crippen molar-refractivity contribution in [2.24, 2.45) is 17.4 Å². The number of alkyl halides is 1. The van der Waals surface area contributed by atoms with E-state index in [4.69, 9.17) is 23.1 Å². The molecule has 6 nitrogen and oxygen atoms in total. The van der Waals surface area contributed by atoms with E-state index >= 15 is 0 Å². The van der Waals surface area contributed by atoms with Crippen LogP contribution in [-0.4, -0.2) is 17.2 Å². The highest BCUT2D eigenvalue weighted by molar-refractivity contribution is 6.25. The first kappa shape index (κ1) is 11.8. The Bertz CT molecular complexity index is 203. The van der Waals surface area contributed by atoms with E-state index in [0.29, 0.717) is 0 Å². The maximum Gasteiger partial charge on any atom is 0.314 e. The number of carbonyl (C=O) groups is 2. The summed E-state index contributed by atoms with van der Waals surface area (Å²) < 4.78 is 0. The Morgan fingerprint density at radius 1 is 1.23 bits per heavy atom. The zero-order valence-electron chi connectivity index (χ0n) is 7.43. The number of carbonyl (C=O) groups excluding carboxylic acids is 2. The van der Waals surface area contributed by atoms with Gasteiger partial charge >= 0.3 is 12.1 Å². The third-order valence-electron chi connectivity index (χ3n) is 1.41. The molecule has 0 heterocycles. The Kier molecular flexibility index (Phi) is 3.80. The van der Waals surface area contributed by atoms with Gasteiger partial charge in [-0.05, 0) is 0 Å². The van der Waals surface area contributed by atoms with Crippen molar-refractivity contribution in [1.29, 1.82) is 0 Å². The first-order valence-corrected chi connectivity index (χ1v) is 4.00. The topological polar surface area (TPSA) is 110 Å². The van der Waals surface area contributed by atoms with E-state index in [1.165, 1.54) is 0 Å². The number of nitrogens with one attached hydrogen (secondary N) is 2. The van der Waals surface area contributed by atoms with Gasteiger partial charge in [0.25, 0.3) is 0 Å². The van der Waals surface area contributed by atoms with Crippen LogP contribution in [0.25, 0.3) is 0 Å². The van der Waals surface area contributed by atoms with Crippen molar-refractivity contribution in [3.63, 3.8) is 0 Å². The molecule has 0 unspecified atom stereocenters. The number of hydrogen-bond acceptors (Lipinski definition) is 2. The molecule has 0 rings (SSSR count). The predicted octanol–water partition coefficient (Wildman–Crippen LogP) is -0.128. The van der Waals surface area contributed by atoms with Crippen molar-refractivity contribution in [3.8, 4) is 0 Å². The number of rotatable bonds is 3. The molecule has 7 heteroatoms. The van der Waals surface area contributed by atoms with Crippen molar-refractivity contribution < 1.29 is 9.59 Å². The molecule has 0 aromatic carbocycles. The summed E-state index contributed by atoms with van der Waals surface area (Å²) in [4.78, 5) is 21.1. The lowest BCUT2D eigenvalue weighted by molar-refractivity contribution is 0.217. The Morgan fingerprint density at radius 3 is 1.69 bits per heavy atom. The number of amides is 4. The Hall–Kier alpha value is -1.17. The van der Waals surface area contributed by atoms with E-state index in [1.807, 2.05) is 0 Å². The SMILES string of the molecule is CC(C)C(Cl)(NC(N)=O)NC(N)=O. The highest BCUT2D eigenvalue weighted by Crippen LogP contribution is 2.18. The van der Waals surface area contributed by atoms with Crippen molar-refractivity contribution in [1.82, 2.24) is 10.6 Å². The summed E-state index contributed by atoms with van der Waals surface area (Å²) in [5, 5.41) is 2.93. The van der Waals surface area contributed by atoms with Crippen LogP contribution in [0.4, 0.5) is 9.59 Å². The van der Waals surface area contributed by atoms with Crippen molar-refractivity contribution >= 4 is 23.7 Å². The van der Waals surface area contributed by atoms with Gasteiger partial charge in [0.15, 0.2) is 5.12 Å². The molecule has 0 saturated carbocycles. The van der Waals surface area contributed by atoms with Gasteiger partial charge in [-0.25, -0.2) is 9.59 Å². The van der Waals surface area contributed by atoms with E-state index in [0.717, 1.165) is 0 Å². The van der Waals surface area contributed by atoms with Crippen LogP contribution >= 0.6 is 11.6 Å². The molecule has 0 spiro atoms. The van der Waals surface area contributed by atoms with Crippen LogP contribution in [0, 0.1) is 5.92 Å². The summed E-state index contributed by atoms with van der Waals surface area (Å²) >= 11 is 5.84. The molecule has 0 fully saturated rings. The Balaban J connectivity index is 4.52. The predicted molar refractivity (Wildman–Crippen MR) is 48.9 cm³/mol. The minimum Gasteiger partial charge on any atom is -0.352 e. The van der Waals surface area contributed by atoms with Crippen LogP contribution in [0.2, 0.25) is 0 Å². The van der Waals surface area contributed by atoms with Gasteiger partial charge < -0.3 is 22.1 Å². The first-order chi connectivity index (χ1) is 5.78. The molecule has 0 aromatic rings. The lowest BCUT2D eigenvalue weighted by Gasteiger charge is -2.31. The largest absolute Gasteiger partial charge is 0.352 e. The average Bonchev–Trinajstić information content (AvgIpc) is 1.82. The maximum absolute atomic E-state index is 10.5. The lowest BCUT2D eigenvalue weighted by Crippen LogP contribution is -2.62. The highest BCUT2D eigenvalue weighted by atomic mass is 35.5. The van der Waals surface area contributed by atoms with Crippen LogP contribution in [0.3, 0.4) is 0 Å². The number of hydrogen-bond donors (Lipinski definition) is 4. The molecule has 13 heavy (non-hydrogen) atoms. The van der Waals surface area contributed by atoms with Gasteiger partial charge in [0.05, 0.1) is 0 Å². The number of nitrogens with two attached hydrogens (primary N) is 2. The Morgan fingerprint density at radius 2 is 1.54 bits per heavy atom. The van der Waals surface area contributed by atoms with Gasteiger partial charge in [-0.3, -0.25) is 0 Å². The minimum absolute atomic E-state index is 0.255. The van der Waals surface area contributed by atoms with Gasteiger partial charge in [0.1, 0.15) is 0 Å². The molecule has 0 saturated heterocycles. The van der Waals surface area contributed by atoms with E-state index < -0.39 is 17.2 Å². The second kappa shape index (κ2) is 4.18.